The van der Waals surface area contributed by atoms with Crippen molar-refractivity contribution in [1.29, 1.82) is 0 Å². The first-order chi connectivity index (χ1) is 36.3. The maximum atomic E-state index is 2.55. The van der Waals surface area contributed by atoms with Gasteiger partial charge in [0.2, 0.25) is 0 Å². The van der Waals surface area contributed by atoms with Crippen molar-refractivity contribution in [3.8, 4) is 44.5 Å². The van der Waals surface area contributed by atoms with Gasteiger partial charge in [-0.15, -0.1) is 11.3 Å². The van der Waals surface area contributed by atoms with Crippen LogP contribution >= 0.6 is 11.3 Å². The van der Waals surface area contributed by atoms with Crippen molar-refractivity contribution in [2.45, 2.75) is 33.1 Å². The van der Waals surface area contributed by atoms with Crippen LogP contribution in [0.4, 0.5) is 34.1 Å². The predicted octanol–water partition coefficient (Wildman–Crippen LogP) is 19.9. The van der Waals surface area contributed by atoms with Crippen molar-refractivity contribution in [3.05, 3.63) is 287 Å². The summed E-state index contributed by atoms with van der Waals surface area (Å²) >= 11 is 1.95. The second kappa shape index (κ2) is 17.2. The number of fused-ring (bicyclic) bond motifs is 14. The molecule has 14 rings (SSSR count). The number of hydrogen-bond acceptors (Lipinski definition) is 3. The van der Waals surface area contributed by atoms with Gasteiger partial charge in [-0.05, 0) is 167 Å². The molecule has 74 heavy (non-hydrogen) atoms. The van der Waals surface area contributed by atoms with E-state index in [2.05, 4.69) is 280 Å². The maximum absolute atomic E-state index is 2.55. The van der Waals surface area contributed by atoms with Crippen molar-refractivity contribution in [1.82, 2.24) is 0 Å². The molecule has 0 N–H and O–H groups in total. The number of hydrogen-bond donors (Lipinski definition) is 0. The van der Waals surface area contributed by atoms with Crippen LogP contribution in [0.2, 0.25) is 0 Å². The Labute approximate surface area is 437 Å². The molecule has 0 saturated heterocycles. The van der Waals surface area contributed by atoms with Crippen molar-refractivity contribution in [2.75, 3.05) is 9.80 Å². The summed E-state index contributed by atoms with van der Waals surface area (Å²) in [5, 5.41) is 2.51. The topological polar surface area (TPSA) is 6.48 Å². The standard InChI is InChI=1S/C71H52N2S/c1-45-27-31-53(32-28-45)72(56-39-47(3)37-51(41-56)49-17-7-5-8-18-49)55-35-36-60-62-44-66(73(54-33-29-46(2)30-34-54)57-40-48(4)38-52(42-57)50-19-9-6-10-20-50)68-61-23-13-16-26-65(61)71(69(68)70(62)74-67(60)43-55)63-24-14-11-21-58(63)59-22-12-15-25-64(59)71/h5-44H,1-4H3. The Bertz CT molecular complexity index is 4120. The van der Waals surface area contributed by atoms with Crippen LogP contribution < -0.4 is 9.80 Å². The number of anilines is 6. The van der Waals surface area contributed by atoms with E-state index in [0.29, 0.717) is 0 Å². The molecular formula is C71H52N2S. The molecule has 0 amide bonds. The Morgan fingerprint density at radius 1 is 0.324 bits per heavy atom. The van der Waals surface area contributed by atoms with Gasteiger partial charge in [-0.2, -0.15) is 0 Å². The molecule has 2 aliphatic carbocycles. The van der Waals surface area contributed by atoms with Crippen molar-refractivity contribution in [2.24, 2.45) is 0 Å². The Kier molecular flexibility index (Phi) is 10.2. The zero-order valence-corrected chi connectivity index (χ0v) is 42.7. The van der Waals surface area contributed by atoms with Crippen molar-refractivity contribution < 1.29 is 0 Å². The molecule has 1 spiro atoms. The van der Waals surface area contributed by atoms with Gasteiger partial charge in [0.25, 0.3) is 0 Å². The lowest BCUT2D eigenvalue weighted by molar-refractivity contribution is 0.802. The summed E-state index contributed by atoms with van der Waals surface area (Å²) in [6.45, 7) is 8.79. The molecule has 0 aliphatic heterocycles. The molecule has 0 saturated carbocycles. The van der Waals surface area contributed by atoms with E-state index in [-0.39, 0.29) is 0 Å². The van der Waals surface area contributed by atoms with Crippen LogP contribution in [0.25, 0.3) is 64.7 Å². The van der Waals surface area contributed by atoms with Gasteiger partial charge in [-0.25, -0.2) is 0 Å². The first kappa shape index (κ1) is 44.0. The summed E-state index contributed by atoms with van der Waals surface area (Å²) in [7, 11) is 0. The highest BCUT2D eigenvalue weighted by molar-refractivity contribution is 7.26. The third kappa shape index (κ3) is 6.84. The lowest BCUT2D eigenvalue weighted by atomic mass is 9.70. The van der Waals surface area contributed by atoms with Crippen LogP contribution in [0.3, 0.4) is 0 Å². The quantitative estimate of drug-likeness (QED) is 0.150. The monoisotopic (exact) mass is 964 g/mol. The molecule has 0 fully saturated rings. The largest absolute Gasteiger partial charge is 0.310 e. The fourth-order valence-corrected chi connectivity index (χ4v) is 13.8. The lowest BCUT2D eigenvalue weighted by Gasteiger charge is -2.32. The second-order valence-electron chi connectivity index (χ2n) is 20.4. The van der Waals surface area contributed by atoms with Gasteiger partial charge in [0.05, 0.1) is 11.1 Å². The van der Waals surface area contributed by atoms with Crippen LogP contribution in [0.15, 0.2) is 243 Å². The summed E-state index contributed by atoms with van der Waals surface area (Å²) in [5.41, 5.74) is 26.5. The normalized spacial score (nSPS) is 12.7. The first-order valence-corrected chi connectivity index (χ1v) is 26.5. The molecule has 0 atom stereocenters. The van der Waals surface area contributed by atoms with E-state index in [1.165, 1.54) is 115 Å². The van der Waals surface area contributed by atoms with Crippen molar-refractivity contribution in [3.63, 3.8) is 0 Å². The molecule has 2 nitrogen and oxygen atoms in total. The van der Waals surface area contributed by atoms with E-state index in [4.69, 9.17) is 0 Å². The van der Waals surface area contributed by atoms with Gasteiger partial charge in [-0.1, -0.05) is 187 Å². The molecule has 0 bridgehead atoms. The summed E-state index contributed by atoms with van der Waals surface area (Å²) in [5.74, 6) is 0. The highest BCUT2D eigenvalue weighted by atomic mass is 32.1. The van der Waals surface area contributed by atoms with Gasteiger partial charge in [0.1, 0.15) is 0 Å². The molecule has 11 aromatic carbocycles. The molecule has 12 aromatic rings. The minimum Gasteiger partial charge on any atom is -0.310 e. The summed E-state index contributed by atoms with van der Waals surface area (Å²) in [4.78, 5) is 5.00. The average Bonchev–Trinajstić information content (AvgIpc) is 4.06. The maximum Gasteiger partial charge on any atom is 0.0740 e. The number of rotatable bonds is 8. The first-order valence-electron chi connectivity index (χ1n) is 25.7. The number of nitrogens with zero attached hydrogens (tertiary/aromatic N) is 2. The highest BCUT2D eigenvalue weighted by Gasteiger charge is 2.54. The molecule has 1 aromatic heterocycles. The predicted molar refractivity (Wildman–Crippen MR) is 315 cm³/mol. The number of thiophene rings is 1. The molecule has 2 aliphatic rings. The van der Waals surface area contributed by atoms with E-state index in [1.807, 2.05) is 11.3 Å². The van der Waals surface area contributed by atoms with E-state index >= 15 is 0 Å². The molecule has 0 radical (unpaired) electrons. The summed E-state index contributed by atoms with van der Waals surface area (Å²) in [6, 6.07) is 91.1. The lowest BCUT2D eigenvalue weighted by Crippen LogP contribution is -2.26. The second-order valence-corrected chi connectivity index (χ2v) is 21.4. The van der Waals surface area contributed by atoms with Crippen molar-refractivity contribution >= 4 is 65.6 Å². The van der Waals surface area contributed by atoms with E-state index in [9.17, 15) is 0 Å². The molecule has 1 heterocycles. The van der Waals surface area contributed by atoms with E-state index < -0.39 is 5.41 Å². The van der Waals surface area contributed by atoms with E-state index in [1.54, 1.807) is 0 Å². The zero-order valence-electron chi connectivity index (χ0n) is 41.9. The Morgan fingerprint density at radius 2 is 0.784 bits per heavy atom. The number of benzene rings is 11. The highest BCUT2D eigenvalue weighted by Crippen LogP contribution is 2.67. The summed E-state index contributed by atoms with van der Waals surface area (Å²) in [6.07, 6.45) is 0. The van der Waals surface area contributed by atoms with Crippen LogP contribution in [0.1, 0.15) is 44.5 Å². The van der Waals surface area contributed by atoms with Gasteiger partial charge in [0, 0.05) is 54.2 Å². The third-order valence-electron chi connectivity index (χ3n) is 15.6. The fraction of sp³-hybridized carbons (Fsp3) is 0.0704. The van der Waals surface area contributed by atoms with Crippen LogP contribution in [-0.2, 0) is 5.41 Å². The summed E-state index contributed by atoms with van der Waals surface area (Å²) < 4.78 is 2.57. The fourth-order valence-electron chi connectivity index (χ4n) is 12.4. The van der Waals surface area contributed by atoms with Crippen LogP contribution in [0.5, 0.6) is 0 Å². The molecule has 3 heteroatoms. The molecule has 0 unspecified atom stereocenters. The molecule has 352 valence electrons. The van der Waals surface area contributed by atoms with Gasteiger partial charge in [-0.3, -0.25) is 0 Å². The Morgan fingerprint density at radius 3 is 1.34 bits per heavy atom. The minimum absolute atomic E-state index is 0.568. The Hall–Kier alpha value is -8.76. The minimum atomic E-state index is -0.568. The number of aryl methyl sites for hydroxylation is 4. The SMILES string of the molecule is Cc1ccc(N(c2cc(C)cc(-c3ccccc3)c2)c2ccc3c(c2)sc2c4c(c(N(c5ccc(C)cc5)c5cc(C)cc(-c6ccccc6)c5)cc23)-c2ccccc2C42c3ccccc3-c3ccccc32)cc1. The van der Waals surface area contributed by atoms with Crippen LogP contribution in [0, 0.1) is 27.7 Å². The smallest absolute Gasteiger partial charge is 0.0740 e. The van der Waals surface area contributed by atoms with Gasteiger partial charge < -0.3 is 9.80 Å². The van der Waals surface area contributed by atoms with E-state index in [0.717, 1.165) is 28.4 Å². The Balaban J connectivity index is 1.09. The third-order valence-corrected chi connectivity index (χ3v) is 16.8. The van der Waals surface area contributed by atoms with Crippen LogP contribution in [-0.4, -0.2) is 0 Å². The average molecular weight is 965 g/mol. The molecular weight excluding hydrogens is 913 g/mol. The van der Waals surface area contributed by atoms with Gasteiger partial charge in [0.15, 0.2) is 0 Å². The van der Waals surface area contributed by atoms with Gasteiger partial charge >= 0.3 is 0 Å². The zero-order chi connectivity index (χ0) is 49.7.